The first-order valence-corrected chi connectivity index (χ1v) is 9.92. The molecule has 0 aliphatic rings. The molecule has 22 heavy (non-hydrogen) atoms. The van der Waals surface area contributed by atoms with Crippen LogP contribution in [-0.4, -0.2) is 28.0 Å². The van der Waals surface area contributed by atoms with Crippen molar-refractivity contribution in [2.45, 2.75) is 58.2 Å². The van der Waals surface area contributed by atoms with Crippen molar-refractivity contribution in [3.05, 3.63) is 18.1 Å². The van der Waals surface area contributed by atoms with E-state index in [0.29, 0.717) is 33.5 Å². The third-order valence-electron chi connectivity index (χ3n) is 4.52. The monoisotopic (exact) mass is 318 g/mol. The maximum atomic E-state index is 13.5. The van der Waals surface area contributed by atoms with Crippen LogP contribution in [0.4, 0.5) is 4.39 Å². The number of fused-ring (bicyclic) bond motifs is 1. The second-order valence-corrected chi connectivity index (χ2v) is 12.2. The highest BCUT2D eigenvalue weighted by Crippen LogP contribution is 2.40. The molecule has 0 radical (unpaired) electrons. The van der Waals surface area contributed by atoms with E-state index in [1.807, 2.05) is 0 Å². The van der Waals surface area contributed by atoms with Crippen LogP contribution in [-0.2, 0) is 0 Å². The minimum absolute atomic E-state index is 0.322. The van der Waals surface area contributed by atoms with Gasteiger partial charge in [-0.3, -0.25) is 0 Å². The fourth-order valence-corrected chi connectivity index (χ4v) is 8.70. The Kier molecular flexibility index (Phi) is 4.66. The van der Waals surface area contributed by atoms with E-state index in [0.717, 1.165) is 0 Å². The molecular formula is C16H23FN4Si. The number of hydrogen-bond acceptors (Lipinski definition) is 3. The Morgan fingerprint density at radius 1 is 1.05 bits per heavy atom. The molecule has 0 bridgehead atoms. The Morgan fingerprint density at radius 2 is 1.64 bits per heavy atom. The van der Waals surface area contributed by atoms with Crippen LogP contribution in [0.15, 0.2) is 6.33 Å². The largest absolute Gasteiger partial charge is 0.341 e. The minimum atomic E-state index is -1.87. The highest BCUT2D eigenvalue weighted by atomic mass is 28.3. The number of imidazole rings is 1. The molecule has 6 heteroatoms. The zero-order valence-electron chi connectivity index (χ0n) is 14.0. The summed E-state index contributed by atoms with van der Waals surface area (Å²) in [6.45, 7) is 13.5. The average molecular weight is 318 g/mol. The summed E-state index contributed by atoms with van der Waals surface area (Å²) in [4.78, 5) is 14.5. The predicted molar refractivity (Wildman–Crippen MR) is 89.6 cm³/mol. The molecule has 0 atom stereocenters. The summed E-state index contributed by atoms with van der Waals surface area (Å²) in [5, 5.41) is 0. The zero-order chi connectivity index (χ0) is 16.5. The van der Waals surface area contributed by atoms with E-state index in [1.54, 1.807) is 0 Å². The van der Waals surface area contributed by atoms with E-state index < -0.39 is 14.2 Å². The lowest BCUT2D eigenvalue weighted by molar-refractivity contribution is 0.542. The second kappa shape index (κ2) is 6.17. The number of H-pyrrole nitrogens is 1. The van der Waals surface area contributed by atoms with E-state index in [9.17, 15) is 4.39 Å². The number of rotatable bonds is 3. The molecule has 0 saturated carbocycles. The van der Waals surface area contributed by atoms with Gasteiger partial charge in [0.1, 0.15) is 19.3 Å². The fraction of sp³-hybridized carbons (Fsp3) is 0.562. The molecule has 2 rings (SSSR count). The van der Waals surface area contributed by atoms with Crippen LogP contribution in [0.2, 0.25) is 16.6 Å². The normalized spacial score (nSPS) is 12.3. The summed E-state index contributed by atoms with van der Waals surface area (Å²) < 4.78 is 13.5. The number of nitrogens with zero attached hydrogens (tertiary/aromatic N) is 3. The number of aromatic nitrogens is 4. The van der Waals surface area contributed by atoms with Crippen molar-refractivity contribution < 1.29 is 4.39 Å². The molecule has 2 heterocycles. The van der Waals surface area contributed by atoms with E-state index in [-0.39, 0.29) is 0 Å². The van der Waals surface area contributed by atoms with Crippen LogP contribution in [0.3, 0.4) is 0 Å². The van der Waals surface area contributed by atoms with Crippen LogP contribution in [0.25, 0.3) is 11.2 Å². The quantitative estimate of drug-likeness (QED) is 0.527. The van der Waals surface area contributed by atoms with Gasteiger partial charge in [0.25, 0.3) is 0 Å². The van der Waals surface area contributed by atoms with Gasteiger partial charge >= 0.3 is 6.08 Å². The summed E-state index contributed by atoms with van der Waals surface area (Å²) in [5.41, 5.74) is 6.42. The number of hydrogen-bond donors (Lipinski definition) is 1. The van der Waals surface area contributed by atoms with Gasteiger partial charge in [-0.15, -0.1) is 5.54 Å². The fourth-order valence-electron chi connectivity index (χ4n) is 3.50. The Balaban J connectivity index is 2.60. The molecular weight excluding hydrogens is 295 g/mol. The van der Waals surface area contributed by atoms with Crippen LogP contribution in [0.5, 0.6) is 0 Å². The summed E-state index contributed by atoms with van der Waals surface area (Å²) >= 11 is 0. The molecule has 2 aromatic heterocycles. The lowest BCUT2D eigenvalue weighted by atomic mass is 10.4. The summed E-state index contributed by atoms with van der Waals surface area (Å²) in [7, 11) is -1.87. The number of halogens is 1. The Labute approximate surface area is 132 Å². The van der Waals surface area contributed by atoms with Gasteiger partial charge in [-0.05, 0) is 16.6 Å². The first kappa shape index (κ1) is 16.6. The lowest BCUT2D eigenvalue weighted by Crippen LogP contribution is -2.43. The lowest BCUT2D eigenvalue weighted by Gasteiger charge is -2.38. The Bertz CT molecular complexity index is 703. The molecule has 4 nitrogen and oxygen atoms in total. The van der Waals surface area contributed by atoms with Crippen molar-refractivity contribution in [2.24, 2.45) is 0 Å². The predicted octanol–water partition coefficient (Wildman–Crippen LogP) is 4.06. The molecule has 2 aromatic rings. The van der Waals surface area contributed by atoms with E-state index in [1.165, 1.54) is 6.33 Å². The molecule has 0 aliphatic carbocycles. The van der Waals surface area contributed by atoms with Gasteiger partial charge < -0.3 is 4.98 Å². The maximum absolute atomic E-state index is 13.5. The van der Waals surface area contributed by atoms with Crippen molar-refractivity contribution in [3.8, 4) is 11.5 Å². The van der Waals surface area contributed by atoms with Gasteiger partial charge in [-0.1, -0.05) is 47.5 Å². The maximum Gasteiger partial charge on any atom is 0.311 e. The molecule has 118 valence electrons. The molecule has 0 fully saturated rings. The molecule has 0 aliphatic heterocycles. The third-order valence-corrected chi connectivity index (χ3v) is 10.8. The van der Waals surface area contributed by atoms with Crippen molar-refractivity contribution in [2.75, 3.05) is 0 Å². The first-order valence-electron chi connectivity index (χ1n) is 7.68. The second-order valence-electron chi connectivity index (χ2n) is 6.59. The molecule has 0 saturated heterocycles. The Hall–Kier alpha value is -1.74. The molecule has 0 aromatic carbocycles. The van der Waals surface area contributed by atoms with Crippen molar-refractivity contribution in [3.63, 3.8) is 0 Å². The standard InChI is InChI=1S/C16H23FN4Si/c1-10(2)22(11(3)4,12(5)6)8-7-13-14-15(19-9-18-14)21-16(17)20-13/h9-12H,1-6H3,(H,18,19,20,21). The van der Waals surface area contributed by atoms with Gasteiger partial charge in [0.05, 0.1) is 6.33 Å². The highest BCUT2D eigenvalue weighted by molar-refractivity contribution is 6.90. The minimum Gasteiger partial charge on any atom is -0.341 e. The van der Waals surface area contributed by atoms with Gasteiger partial charge in [0.2, 0.25) is 0 Å². The van der Waals surface area contributed by atoms with Crippen molar-refractivity contribution in [1.29, 1.82) is 0 Å². The zero-order valence-corrected chi connectivity index (χ0v) is 15.0. The summed E-state index contributed by atoms with van der Waals surface area (Å²) in [6, 6.07) is 0. The Morgan fingerprint density at radius 3 is 2.18 bits per heavy atom. The van der Waals surface area contributed by atoms with E-state index in [4.69, 9.17) is 0 Å². The first-order chi connectivity index (χ1) is 10.3. The topological polar surface area (TPSA) is 54.5 Å². The molecule has 1 N–H and O–H groups in total. The molecule has 0 amide bonds. The van der Waals surface area contributed by atoms with Crippen LogP contribution in [0.1, 0.15) is 47.2 Å². The number of aromatic amines is 1. The van der Waals surface area contributed by atoms with Crippen LogP contribution in [0, 0.1) is 17.5 Å². The SMILES string of the molecule is CC(C)[Si](C#Cc1nc(F)nc2nc[nH]c12)(C(C)C)C(C)C. The molecule has 0 unspecified atom stereocenters. The van der Waals surface area contributed by atoms with Crippen LogP contribution >= 0.6 is 0 Å². The van der Waals surface area contributed by atoms with E-state index >= 15 is 0 Å². The van der Waals surface area contributed by atoms with Crippen molar-refractivity contribution >= 4 is 19.2 Å². The van der Waals surface area contributed by atoms with Crippen LogP contribution < -0.4 is 0 Å². The summed E-state index contributed by atoms with van der Waals surface area (Å²) in [5.74, 6) is 3.15. The highest BCUT2D eigenvalue weighted by Gasteiger charge is 2.41. The van der Waals surface area contributed by atoms with Crippen molar-refractivity contribution in [1.82, 2.24) is 19.9 Å². The smallest absolute Gasteiger partial charge is 0.311 e. The van der Waals surface area contributed by atoms with Gasteiger partial charge in [0, 0.05) is 0 Å². The molecule has 0 spiro atoms. The third kappa shape index (κ3) is 2.78. The average Bonchev–Trinajstić information content (AvgIpc) is 2.85. The van der Waals surface area contributed by atoms with Gasteiger partial charge in [-0.2, -0.15) is 14.4 Å². The van der Waals surface area contributed by atoms with E-state index in [2.05, 4.69) is 72.9 Å². The van der Waals surface area contributed by atoms with Gasteiger partial charge in [-0.25, -0.2) is 4.98 Å². The number of nitrogens with one attached hydrogen (secondary N) is 1. The van der Waals surface area contributed by atoms with Gasteiger partial charge in [0.15, 0.2) is 5.65 Å². The summed E-state index contributed by atoms with van der Waals surface area (Å²) in [6.07, 6.45) is 0.705.